The predicted molar refractivity (Wildman–Crippen MR) is 67.5 cm³/mol. The summed E-state index contributed by atoms with van der Waals surface area (Å²) in [4.78, 5) is 1.04. The molecule has 0 radical (unpaired) electrons. The Balaban J connectivity index is 2.64. The molecule has 90 valence electrons. The monoisotopic (exact) mass is 260 g/mol. The van der Waals surface area contributed by atoms with Crippen LogP contribution in [-0.2, 0) is 10.1 Å². The average molecular weight is 260 g/mol. The SMILES string of the molecule is CCCCSc1cccc(OS(C)(=O)=O)c1. The molecule has 5 heteroatoms. The van der Waals surface area contributed by atoms with Gasteiger partial charge in [0.25, 0.3) is 0 Å². The van der Waals surface area contributed by atoms with E-state index in [4.69, 9.17) is 4.18 Å². The third-order valence-corrected chi connectivity index (χ3v) is 3.39. The lowest BCUT2D eigenvalue weighted by molar-refractivity contribution is 0.492. The van der Waals surface area contributed by atoms with E-state index in [1.807, 2.05) is 6.07 Å². The topological polar surface area (TPSA) is 43.4 Å². The van der Waals surface area contributed by atoms with Crippen molar-refractivity contribution in [1.29, 1.82) is 0 Å². The first-order chi connectivity index (χ1) is 7.51. The highest BCUT2D eigenvalue weighted by atomic mass is 32.2. The fraction of sp³-hybridized carbons (Fsp3) is 0.455. The maximum absolute atomic E-state index is 10.9. The molecular formula is C11H16O3S2. The Morgan fingerprint density at radius 3 is 2.75 bits per heavy atom. The molecule has 1 aromatic carbocycles. The summed E-state index contributed by atoms with van der Waals surface area (Å²) >= 11 is 1.71. The molecule has 0 N–H and O–H groups in total. The second-order valence-corrected chi connectivity index (χ2v) is 6.21. The van der Waals surface area contributed by atoms with Gasteiger partial charge in [-0.05, 0) is 30.4 Å². The van der Waals surface area contributed by atoms with Crippen molar-refractivity contribution in [2.75, 3.05) is 12.0 Å². The number of hydrogen-bond acceptors (Lipinski definition) is 4. The predicted octanol–water partition coefficient (Wildman–Crippen LogP) is 2.92. The van der Waals surface area contributed by atoms with Crippen LogP contribution >= 0.6 is 11.8 Å². The van der Waals surface area contributed by atoms with Crippen molar-refractivity contribution in [1.82, 2.24) is 0 Å². The van der Waals surface area contributed by atoms with Gasteiger partial charge in [0.05, 0.1) is 6.26 Å². The minimum Gasteiger partial charge on any atom is -0.383 e. The quantitative estimate of drug-likeness (QED) is 0.448. The Hall–Kier alpha value is -0.680. The molecule has 0 heterocycles. The standard InChI is InChI=1S/C11H16O3S2/c1-3-4-8-15-11-7-5-6-10(9-11)14-16(2,12)13/h5-7,9H,3-4,8H2,1-2H3. The molecule has 0 atom stereocenters. The molecule has 0 aliphatic heterocycles. The summed E-state index contributed by atoms with van der Waals surface area (Å²) in [5.74, 6) is 1.42. The first-order valence-corrected chi connectivity index (χ1v) is 7.94. The van der Waals surface area contributed by atoms with Crippen molar-refractivity contribution in [2.24, 2.45) is 0 Å². The van der Waals surface area contributed by atoms with Crippen molar-refractivity contribution in [3.05, 3.63) is 24.3 Å². The van der Waals surface area contributed by atoms with Crippen LogP contribution in [-0.4, -0.2) is 20.4 Å². The lowest BCUT2D eigenvalue weighted by atomic mass is 10.3. The summed E-state index contributed by atoms with van der Waals surface area (Å²) in [5.41, 5.74) is 0. The van der Waals surface area contributed by atoms with Crippen molar-refractivity contribution in [2.45, 2.75) is 24.7 Å². The zero-order valence-corrected chi connectivity index (χ0v) is 11.1. The molecule has 0 unspecified atom stereocenters. The van der Waals surface area contributed by atoms with E-state index in [2.05, 4.69) is 6.92 Å². The van der Waals surface area contributed by atoms with Crippen LogP contribution in [0.1, 0.15) is 19.8 Å². The maximum atomic E-state index is 10.9. The van der Waals surface area contributed by atoms with Gasteiger partial charge >= 0.3 is 10.1 Å². The van der Waals surface area contributed by atoms with Crippen molar-refractivity contribution >= 4 is 21.9 Å². The number of rotatable bonds is 6. The minimum atomic E-state index is -3.43. The second-order valence-electron chi connectivity index (χ2n) is 3.46. The smallest absolute Gasteiger partial charge is 0.306 e. The first kappa shape index (κ1) is 13.4. The van der Waals surface area contributed by atoms with E-state index in [9.17, 15) is 8.42 Å². The molecule has 0 amide bonds. The minimum absolute atomic E-state index is 0.379. The summed E-state index contributed by atoms with van der Waals surface area (Å²) < 4.78 is 26.7. The number of benzene rings is 1. The van der Waals surface area contributed by atoms with Crippen LogP contribution in [0.15, 0.2) is 29.2 Å². The molecule has 0 saturated carbocycles. The second kappa shape index (κ2) is 6.15. The fourth-order valence-electron chi connectivity index (χ4n) is 1.12. The van der Waals surface area contributed by atoms with Gasteiger partial charge < -0.3 is 4.18 Å². The maximum Gasteiger partial charge on any atom is 0.306 e. The zero-order valence-electron chi connectivity index (χ0n) is 9.47. The average Bonchev–Trinajstić information content (AvgIpc) is 2.16. The van der Waals surface area contributed by atoms with Gasteiger partial charge in [-0.2, -0.15) is 8.42 Å². The van der Waals surface area contributed by atoms with Crippen LogP contribution in [0.4, 0.5) is 0 Å². The Labute approximate surface area is 101 Å². The normalized spacial score (nSPS) is 11.4. The van der Waals surface area contributed by atoms with Crippen molar-refractivity contribution in [3.63, 3.8) is 0 Å². The van der Waals surface area contributed by atoms with Gasteiger partial charge in [-0.15, -0.1) is 11.8 Å². The first-order valence-electron chi connectivity index (χ1n) is 5.13. The molecule has 1 aromatic rings. The highest BCUT2D eigenvalue weighted by Gasteiger charge is 2.04. The van der Waals surface area contributed by atoms with E-state index < -0.39 is 10.1 Å². The van der Waals surface area contributed by atoms with Crippen LogP contribution in [0.5, 0.6) is 5.75 Å². The van der Waals surface area contributed by atoms with E-state index >= 15 is 0 Å². The summed E-state index contributed by atoms with van der Waals surface area (Å²) in [6.07, 6.45) is 3.36. The molecule has 0 aliphatic carbocycles. The van der Waals surface area contributed by atoms with Crippen LogP contribution < -0.4 is 4.18 Å². The third-order valence-electron chi connectivity index (χ3n) is 1.82. The summed E-state index contributed by atoms with van der Waals surface area (Å²) in [5, 5.41) is 0. The van der Waals surface area contributed by atoms with Gasteiger partial charge in [0.2, 0.25) is 0 Å². The summed E-state index contributed by atoms with van der Waals surface area (Å²) in [7, 11) is -3.43. The van der Waals surface area contributed by atoms with Gasteiger partial charge in [0, 0.05) is 4.90 Å². The Morgan fingerprint density at radius 1 is 1.38 bits per heavy atom. The Kier molecular flexibility index (Phi) is 5.15. The number of unbranched alkanes of at least 4 members (excludes halogenated alkanes) is 1. The van der Waals surface area contributed by atoms with Crippen molar-refractivity contribution in [3.8, 4) is 5.75 Å². The van der Waals surface area contributed by atoms with E-state index in [1.165, 1.54) is 0 Å². The summed E-state index contributed by atoms with van der Waals surface area (Å²) in [6.45, 7) is 2.14. The number of hydrogen-bond donors (Lipinski definition) is 0. The highest BCUT2D eigenvalue weighted by molar-refractivity contribution is 7.99. The van der Waals surface area contributed by atoms with E-state index in [0.717, 1.165) is 29.7 Å². The van der Waals surface area contributed by atoms with Crippen molar-refractivity contribution < 1.29 is 12.6 Å². The molecular weight excluding hydrogens is 244 g/mol. The number of thioether (sulfide) groups is 1. The van der Waals surface area contributed by atoms with Crippen LogP contribution in [0.25, 0.3) is 0 Å². The third kappa shape index (κ3) is 5.42. The molecule has 0 spiro atoms. The molecule has 0 aromatic heterocycles. The van der Waals surface area contributed by atoms with Crippen LogP contribution in [0.2, 0.25) is 0 Å². The summed E-state index contributed by atoms with van der Waals surface area (Å²) in [6, 6.07) is 7.15. The Morgan fingerprint density at radius 2 is 2.12 bits per heavy atom. The zero-order chi connectivity index (χ0) is 12.0. The fourth-order valence-corrected chi connectivity index (χ4v) is 2.62. The largest absolute Gasteiger partial charge is 0.383 e. The van der Waals surface area contributed by atoms with Gasteiger partial charge in [0.15, 0.2) is 0 Å². The lowest BCUT2D eigenvalue weighted by Crippen LogP contribution is -2.05. The van der Waals surface area contributed by atoms with E-state index in [0.29, 0.717) is 5.75 Å². The molecule has 0 bridgehead atoms. The molecule has 0 fully saturated rings. The van der Waals surface area contributed by atoms with Gasteiger partial charge in [-0.3, -0.25) is 0 Å². The molecule has 0 aliphatic rings. The van der Waals surface area contributed by atoms with Gasteiger partial charge in [-0.25, -0.2) is 0 Å². The molecule has 1 rings (SSSR count). The lowest BCUT2D eigenvalue weighted by Gasteiger charge is -2.05. The van der Waals surface area contributed by atoms with Crippen LogP contribution in [0.3, 0.4) is 0 Å². The van der Waals surface area contributed by atoms with Gasteiger partial charge in [-0.1, -0.05) is 19.4 Å². The molecule has 3 nitrogen and oxygen atoms in total. The van der Waals surface area contributed by atoms with Crippen LogP contribution in [0, 0.1) is 0 Å². The highest BCUT2D eigenvalue weighted by Crippen LogP contribution is 2.24. The molecule has 0 saturated heterocycles. The molecule has 16 heavy (non-hydrogen) atoms. The Bertz CT molecular complexity index is 427. The van der Waals surface area contributed by atoms with Gasteiger partial charge in [0.1, 0.15) is 5.75 Å². The van der Waals surface area contributed by atoms with E-state index in [-0.39, 0.29) is 0 Å². The van der Waals surface area contributed by atoms with E-state index in [1.54, 1.807) is 30.0 Å².